The minimum absolute atomic E-state index is 0.152. The second-order valence-corrected chi connectivity index (χ2v) is 6.92. The Morgan fingerprint density at radius 3 is 2.09 bits per heavy atom. The van der Waals surface area contributed by atoms with Crippen molar-refractivity contribution in [1.82, 2.24) is 0 Å². The van der Waals surface area contributed by atoms with Crippen LogP contribution < -0.4 is 0 Å². The number of hydrogen-bond donors (Lipinski definition) is 1. The first-order valence-electron chi connectivity index (χ1n) is 7.12. The average molecular weight is 318 g/mol. The number of carbonyl (C=O) groups is 1. The molecule has 0 heterocycles. The van der Waals surface area contributed by atoms with E-state index in [2.05, 4.69) is 0 Å². The van der Waals surface area contributed by atoms with Gasteiger partial charge >= 0.3 is 5.97 Å². The topological polar surface area (TPSA) is 63.6 Å². The van der Waals surface area contributed by atoms with Gasteiger partial charge in [-0.25, -0.2) is 4.79 Å². The molecule has 0 radical (unpaired) electrons. The lowest BCUT2D eigenvalue weighted by Crippen LogP contribution is -2.21. The molecular weight excluding hydrogens is 299 g/mol. The molecule has 2 aromatic rings. The third-order valence-electron chi connectivity index (χ3n) is 3.28. The fourth-order valence-corrected chi connectivity index (χ4v) is 3.44. The number of aryl methyl sites for hydroxylation is 1. The van der Waals surface area contributed by atoms with E-state index in [9.17, 15) is 14.5 Å². The molecule has 116 valence electrons. The lowest BCUT2D eigenvalue weighted by atomic mass is 10.2. The first kappa shape index (κ1) is 16.5. The van der Waals surface area contributed by atoms with Crippen molar-refractivity contribution < 1.29 is 19.2 Å². The zero-order valence-electron chi connectivity index (χ0n) is 12.1. The minimum Gasteiger partial charge on any atom is -0.479 e. The highest BCUT2D eigenvalue weighted by atomic mass is 31.1. The van der Waals surface area contributed by atoms with Crippen LogP contribution in [-0.4, -0.2) is 23.1 Å². The van der Waals surface area contributed by atoms with E-state index in [1.165, 1.54) is 0 Å². The molecule has 22 heavy (non-hydrogen) atoms. The van der Waals surface area contributed by atoms with Crippen molar-refractivity contribution in [1.29, 1.82) is 0 Å². The number of aliphatic carboxylic acids is 1. The zero-order chi connectivity index (χ0) is 15.8. The molecule has 2 aromatic carbocycles. The number of rotatable bonds is 8. The Morgan fingerprint density at radius 1 is 1.00 bits per heavy atom. The Kier molecular flexibility index (Phi) is 6.38. The monoisotopic (exact) mass is 318 g/mol. The van der Waals surface area contributed by atoms with Gasteiger partial charge in [-0.05, 0) is 17.5 Å². The van der Waals surface area contributed by atoms with Gasteiger partial charge < -0.3 is 14.4 Å². The van der Waals surface area contributed by atoms with Gasteiger partial charge in [0, 0.05) is 6.16 Å². The van der Waals surface area contributed by atoms with E-state index in [1.54, 1.807) is 0 Å². The van der Waals surface area contributed by atoms with Crippen LogP contribution in [0.5, 0.6) is 0 Å². The standard InChI is InChI=1S/C17H19O4P/c18-16(19)17(21-13-15-9-5-2-6-10-15)22(20)12-11-14-7-3-1-4-8-14/h1-10,17,22H,11-13H2,(H,18,19). The van der Waals surface area contributed by atoms with Gasteiger partial charge in [0.1, 0.15) is 7.80 Å². The normalized spacial score (nSPS) is 13.5. The number of carboxylic acid groups (broad SMARTS) is 1. The summed E-state index contributed by atoms with van der Waals surface area (Å²) in [4.78, 5) is 11.3. The minimum atomic E-state index is -2.37. The average Bonchev–Trinajstić information content (AvgIpc) is 2.55. The molecule has 0 saturated heterocycles. The molecule has 5 heteroatoms. The molecule has 0 aliphatic rings. The lowest BCUT2D eigenvalue weighted by Gasteiger charge is -2.14. The predicted molar refractivity (Wildman–Crippen MR) is 86.7 cm³/mol. The van der Waals surface area contributed by atoms with Crippen molar-refractivity contribution >= 4 is 13.8 Å². The molecule has 0 saturated carbocycles. The van der Waals surface area contributed by atoms with E-state index in [1.807, 2.05) is 60.7 Å². The summed E-state index contributed by atoms with van der Waals surface area (Å²) >= 11 is 0. The molecule has 4 nitrogen and oxygen atoms in total. The Balaban J connectivity index is 1.89. The fraction of sp³-hybridized carbons (Fsp3) is 0.235. The number of carboxylic acids is 1. The number of benzene rings is 2. The third kappa shape index (κ3) is 5.14. The van der Waals surface area contributed by atoms with Crippen LogP contribution in [0.15, 0.2) is 60.7 Å². The Labute approximate surface area is 130 Å². The zero-order valence-corrected chi connectivity index (χ0v) is 13.1. The van der Waals surface area contributed by atoms with Crippen LogP contribution in [0, 0.1) is 0 Å². The van der Waals surface area contributed by atoms with Crippen LogP contribution in [-0.2, 0) is 27.1 Å². The van der Waals surface area contributed by atoms with Gasteiger partial charge in [0.2, 0.25) is 5.85 Å². The van der Waals surface area contributed by atoms with Crippen LogP contribution in [0.3, 0.4) is 0 Å². The fourth-order valence-electron chi connectivity index (χ4n) is 2.10. The molecule has 0 fully saturated rings. The van der Waals surface area contributed by atoms with E-state index in [0.717, 1.165) is 11.1 Å². The highest BCUT2D eigenvalue weighted by Crippen LogP contribution is 2.31. The van der Waals surface area contributed by atoms with E-state index >= 15 is 0 Å². The first-order valence-corrected chi connectivity index (χ1v) is 8.81. The summed E-state index contributed by atoms with van der Waals surface area (Å²) in [6.07, 6.45) is 0.928. The van der Waals surface area contributed by atoms with Crippen molar-refractivity contribution in [2.45, 2.75) is 18.9 Å². The summed E-state index contributed by atoms with van der Waals surface area (Å²) in [7, 11) is -2.37. The van der Waals surface area contributed by atoms with Gasteiger partial charge in [0.15, 0.2) is 0 Å². The maximum Gasteiger partial charge on any atom is 0.340 e. The van der Waals surface area contributed by atoms with Crippen molar-refractivity contribution in [2.75, 3.05) is 6.16 Å². The smallest absolute Gasteiger partial charge is 0.340 e. The molecule has 2 rings (SSSR count). The maximum atomic E-state index is 12.3. The van der Waals surface area contributed by atoms with Crippen LogP contribution in [0.2, 0.25) is 0 Å². The first-order chi connectivity index (χ1) is 10.7. The Hall–Kier alpha value is -1.90. The van der Waals surface area contributed by atoms with E-state index < -0.39 is 19.6 Å². The molecule has 2 unspecified atom stereocenters. The second-order valence-electron chi connectivity index (χ2n) is 4.97. The van der Waals surface area contributed by atoms with E-state index in [0.29, 0.717) is 12.6 Å². The summed E-state index contributed by atoms with van der Waals surface area (Å²) in [5, 5.41) is 9.22. The molecule has 0 aliphatic heterocycles. The predicted octanol–water partition coefficient (Wildman–Crippen LogP) is 3.42. The summed E-state index contributed by atoms with van der Waals surface area (Å²) in [6.45, 7) is 0.152. The molecular formula is C17H19O4P. The third-order valence-corrected chi connectivity index (χ3v) is 5.02. The summed E-state index contributed by atoms with van der Waals surface area (Å²) in [6, 6.07) is 18.9. The van der Waals surface area contributed by atoms with E-state index in [4.69, 9.17) is 4.74 Å². The van der Waals surface area contributed by atoms with Crippen molar-refractivity contribution in [2.24, 2.45) is 0 Å². The highest BCUT2D eigenvalue weighted by molar-refractivity contribution is 7.46. The van der Waals surface area contributed by atoms with Crippen LogP contribution in [0.25, 0.3) is 0 Å². The molecule has 0 aliphatic carbocycles. The number of ether oxygens (including phenoxy) is 1. The lowest BCUT2D eigenvalue weighted by molar-refractivity contribution is -0.145. The Morgan fingerprint density at radius 2 is 1.55 bits per heavy atom. The Bertz CT molecular complexity index is 613. The second kappa shape index (κ2) is 8.52. The number of hydrogen-bond acceptors (Lipinski definition) is 3. The maximum absolute atomic E-state index is 12.3. The van der Waals surface area contributed by atoms with Crippen molar-refractivity contribution in [3.8, 4) is 0 Å². The largest absolute Gasteiger partial charge is 0.479 e. The van der Waals surface area contributed by atoms with Gasteiger partial charge in [-0.2, -0.15) is 0 Å². The van der Waals surface area contributed by atoms with Crippen LogP contribution in [0.4, 0.5) is 0 Å². The quantitative estimate of drug-likeness (QED) is 0.758. The summed E-state index contributed by atoms with van der Waals surface area (Å²) in [5.74, 6) is -2.39. The van der Waals surface area contributed by atoms with Gasteiger partial charge in [0.25, 0.3) is 0 Å². The van der Waals surface area contributed by atoms with Crippen LogP contribution in [0.1, 0.15) is 11.1 Å². The van der Waals surface area contributed by atoms with Gasteiger partial charge in [-0.15, -0.1) is 0 Å². The molecule has 0 aromatic heterocycles. The van der Waals surface area contributed by atoms with Crippen LogP contribution >= 0.6 is 7.80 Å². The van der Waals surface area contributed by atoms with Gasteiger partial charge in [-0.3, -0.25) is 0 Å². The SMILES string of the molecule is O=C(O)C(OCc1ccccc1)[PH](=O)CCc1ccccc1. The van der Waals surface area contributed by atoms with Gasteiger partial charge in [0.05, 0.1) is 6.61 Å². The van der Waals surface area contributed by atoms with Crippen molar-refractivity contribution in [3.05, 3.63) is 71.8 Å². The summed E-state index contributed by atoms with van der Waals surface area (Å²) < 4.78 is 17.6. The summed E-state index contributed by atoms with van der Waals surface area (Å²) in [5.41, 5.74) is 1.92. The van der Waals surface area contributed by atoms with Gasteiger partial charge in [-0.1, -0.05) is 60.7 Å². The molecule has 0 bridgehead atoms. The van der Waals surface area contributed by atoms with Crippen molar-refractivity contribution in [3.63, 3.8) is 0 Å². The molecule has 0 spiro atoms. The molecule has 0 amide bonds. The molecule has 1 N–H and O–H groups in total. The molecule has 2 atom stereocenters. The van der Waals surface area contributed by atoms with E-state index in [-0.39, 0.29) is 6.61 Å². The highest BCUT2D eigenvalue weighted by Gasteiger charge is 2.25.